The molecule has 4 atom stereocenters. The van der Waals surface area contributed by atoms with Crippen molar-refractivity contribution in [1.82, 2.24) is 0 Å². The van der Waals surface area contributed by atoms with E-state index in [-0.39, 0.29) is 13.2 Å². The Labute approximate surface area is 235 Å². The van der Waals surface area contributed by atoms with Crippen molar-refractivity contribution in [1.29, 1.82) is 0 Å². The van der Waals surface area contributed by atoms with Crippen molar-refractivity contribution >= 4 is 24.1 Å². The zero-order valence-electron chi connectivity index (χ0n) is 23.2. The topological polar surface area (TPSA) is 89.5 Å². The third kappa shape index (κ3) is 8.69. The van der Waals surface area contributed by atoms with Crippen molar-refractivity contribution in [3.05, 3.63) is 71.8 Å². The quantitative estimate of drug-likeness (QED) is 0.176. The van der Waals surface area contributed by atoms with Crippen LogP contribution >= 0.6 is 0 Å². The highest BCUT2D eigenvalue weighted by molar-refractivity contribution is 5.87. The van der Waals surface area contributed by atoms with E-state index in [9.17, 15) is 9.59 Å². The average Bonchev–Trinajstić information content (AvgIpc) is 3.55. The molecular weight excluding hydrogens is 512 g/mol. The molecule has 0 bridgehead atoms. The van der Waals surface area contributed by atoms with Crippen molar-refractivity contribution in [3.63, 3.8) is 0 Å². The van der Waals surface area contributed by atoms with Crippen LogP contribution in [-0.4, -0.2) is 62.8 Å². The lowest BCUT2D eigenvalue weighted by atomic mass is 10.1. The molecule has 4 rings (SSSR count). The van der Waals surface area contributed by atoms with Gasteiger partial charge in [-0.1, -0.05) is 51.0 Å². The molecule has 8 nitrogen and oxygen atoms in total. The van der Waals surface area contributed by atoms with E-state index in [1.54, 1.807) is 12.2 Å². The van der Waals surface area contributed by atoms with Crippen molar-refractivity contribution < 1.29 is 38.0 Å². The van der Waals surface area contributed by atoms with Gasteiger partial charge in [-0.2, -0.15) is 0 Å². The summed E-state index contributed by atoms with van der Waals surface area (Å²) in [4.78, 5) is 24.8. The fourth-order valence-corrected chi connectivity index (χ4v) is 4.36. The van der Waals surface area contributed by atoms with Crippen molar-refractivity contribution in [2.75, 3.05) is 26.4 Å². The first-order valence-corrected chi connectivity index (χ1v) is 14.0. The van der Waals surface area contributed by atoms with Crippen LogP contribution in [0.4, 0.5) is 0 Å². The lowest BCUT2D eigenvalue weighted by molar-refractivity contribution is -0.149. The maximum absolute atomic E-state index is 12.4. The van der Waals surface area contributed by atoms with Crippen molar-refractivity contribution in [2.24, 2.45) is 0 Å². The number of hydrogen-bond acceptors (Lipinski definition) is 8. The predicted octanol–water partition coefficient (Wildman–Crippen LogP) is 5.39. The van der Waals surface area contributed by atoms with Crippen LogP contribution in [0.3, 0.4) is 0 Å². The average molecular weight is 551 g/mol. The van der Waals surface area contributed by atoms with E-state index < -0.39 is 36.4 Å². The summed E-state index contributed by atoms with van der Waals surface area (Å²) in [7, 11) is 0. The number of ether oxygens (including phenoxy) is 6. The normalized spacial score (nSPS) is 21.9. The number of benzene rings is 2. The lowest BCUT2D eigenvalue weighted by Gasteiger charge is -2.16. The smallest absolute Gasteiger partial charge is 0.331 e. The Morgan fingerprint density at radius 2 is 1.10 bits per heavy atom. The van der Waals surface area contributed by atoms with Gasteiger partial charge in [0.25, 0.3) is 0 Å². The fraction of sp³-hybridized carbons (Fsp3) is 0.438. The minimum absolute atomic E-state index is 0.176. The van der Waals surface area contributed by atoms with E-state index in [2.05, 4.69) is 13.8 Å². The summed E-state index contributed by atoms with van der Waals surface area (Å²) in [5.74, 6) is 0.610. The van der Waals surface area contributed by atoms with E-state index in [1.807, 2.05) is 48.5 Å². The Hall–Kier alpha value is -3.62. The molecule has 0 spiro atoms. The molecule has 0 aliphatic carbocycles. The summed E-state index contributed by atoms with van der Waals surface area (Å²) >= 11 is 0. The minimum Gasteiger partial charge on any atom is -0.494 e. The summed E-state index contributed by atoms with van der Waals surface area (Å²) in [5.41, 5.74) is 1.71. The first-order chi connectivity index (χ1) is 19.6. The summed E-state index contributed by atoms with van der Waals surface area (Å²) in [5, 5.41) is 0. The lowest BCUT2D eigenvalue weighted by Crippen LogP contribution is -2.35. The molecule has 2 heterocycles. The van der Waals surface area contributed by atoms with Gasteiger partial charge in [-0.25, -0.2) is 9.59 Å². The molecular formula is C32H38O8. The van der Waals surface area contributed by atoms with Gasteiger partial charge in [0.2, 0.25) is 0 Å². The van der Waals surface area contributed by atoms with E-state index in [1.165, 1.54) is 12.2 Å². The number of hydrogen-bond donors (Lipinski definition) is 0. The minimum atomic E-state index is -0.575. The predicted molar refractivity (Wildman–Crippen MR) is 151 cm³/mol. The molecule has 2 saturated heterocycles. The number of rotatable bonds is 14. The number of unbranched alkanes of at least 4 members (excludes halogenated alkanes) is 2. The van der Waals surface area contributed by atoms with Gasteiger partial charge in [0.1, 0.15) is 23.7 Å². The first kappa shape index (κ1) is 29.4. The second-order valence-electron chi connectivity index (χ2n) is 9.76. The van der Waals surface area contributed by atoms with E-state index in [4.69, 9.17) is 28.4 Å². The highest BCUT2D eigenvalue weighted by Crippen LogP contribution is 2.31. The Balaban J connectivity index is 1.20. The zero-order chi connectivity index (χ0) is 28.2. The summed E-state index contributed by atoms with van der Waals surface area (Å²) in [6, 6.07) is 15.0. The fourth-order valence-electron chi connectivity index (χ4n) is 4.36. The highest BCUT2D eigenvalue weighted by atomic mass is 16.7. The molecule has 1 unspecified atom stereocenters. The number of carbonyl (C=O) groups excluding carboxylic acids is 2. The van der Waals surface area contributed by atoms with Gasteiger partial charge in [0.15, 0.2) is 12.2 Å². The van der Waals surface area contributed by atoms with Gasteiger partial charge in [-0.3, -0.25) is 0 Å². The molecule has 2 aromatic carbocycles. The zero-order valence-corrected chi connectivity index (χ0v) is 23.2. The van der Waals surface area contributed by atoms with Crippen molar-refractivity contribution in [2.45, 2.75) is 63.9 Å². The summed E-state index contributed by atoms with van der Waals surface area (Å²) < 4.78 is 34.0. The molecule has 2 fully saturated rings. The molecule has 2 aromatic rings. The summed E-state index contributed by atoms with van der Waals surface area (Å²) in [6.07, 6.45) is 8.18. The van der Waals surface area contributed by atoms with E-state index >= 15 is 0 Å². The molecule has 0 aromatic heterocycles. The van der Waals surface area contributed by atoms with Gasteiger partial charge >= 0.3 is 11.9 Å². The van der Waals surface area contributed by atoms with Gasteiger partial charge in [0, 0.05) is 12.2 Å². The summed E-state index contributed by atoms with van der Waals surface area (Å²) in [6.45, 7) is 5.96. The Morgan fingerprint density at radius 3 is 1.48 bits per heavy atom. The number of esters is 2. The van der Waals surface area contributed by atoms with Crippen molar-refractivity contribution in [3.8, 4) is 11.5 Å². The van der Waals surface area contributed by atoms with Gasteiger partial charge in [-0.15, -0.1) is 0 Å². The van der Waals surface area contributed by atoms with Crippen LogP contribution in [0.15, 0.2) is 60.7 Å². The Bertz CT molecular complexity index is 1050. The van der Waals surface area contributed by atoms with E-state index in [0.717, 1.165) is 48.3 Å². The standard InChI is InChI=1S/C32H38O8/c1-3-5-19-35-25-13-7-23(8-14-25)11-17-29(33)39-27-21-37-32-28(22-38-31(27)32)40-30(34)18-12-24-9-15-26(16-10-24)36-20-6-4-2/h7-18,27-28,31-32H,3-6,19-22H2,1-2H3/b17-11+,18-12+/t27-,28-,31-,32?/m1/s1. The van der Waals surface area contributed by atoms with Gasteiger partial charge in [-0.05, 0) is 60.4 Å². The molecule has 40 heavy (non-hydrogen) atoms. The Kier molecular flexibility index (Phi) is 11.2. The largest absolute Gasteiger partial charge is 0.494 e. The Morgan fingerprint density at radius 1 is 0.700 bits per heavy atom. The molecule has 8 heteroatoms. The van der Waals surface area contributed by atoms with Crippen LogP contribution < -0.4 is 9.47 Å². The van der Waals surface area contributed by atoms with Crippen LogP contribution in [0.1, 0.15) is 50.7 Å². The molecule has 214 valence electrons. The molecule has 0 radical (unpaired) electrons. The molecule has 0 N–H and O–H groups in total. The maximum atomic E-state index is 12.4. The van der Waals surface area contributed by atoms with Gasteiger partial charge < -0.3 is 28.4 Å². The number of fused-ring (bicyclic) bond motifs is 1. The van der Waals surface area contributed by atoms with Crippen LogP contribution in [-0.2, 0) is 28.5 Å². The monoisotopic (exact) mass is 550 g/mol. The molecule has 2 aliphatic rings. The third-order valence-corrected chi connectivity index (χ3v) is 6.61. The highest BCUT2D eigenvalue weighted by Gasteiger charge is 2.51. The van der Waals surface area contributed by atoms with Crippen LogP contribution in [0.25, 0.3) is 12.2 Å². The third-order valence-electron chi connectivity index (χ3n) is 6.61. The van der Waals surface area contributed by atoms with Crippen LogP contribution in [0, 0.1) is 0 Å². The molecule has 0 amide bonds. The van der Waals surface area contributed by atoms with Crippen LogP contribution in [0.2, 0.25) is 0 Å². The van der Waals surface area contributed by atoms with Crippen LogP contribution in [0.5, 0.6) is 11.5 Å². The molecule has 0 saturated carbocycles. The van der Waals surface area contributed by atoms with Gasteiger partial charge in [0.05, 0.1) is 26.4 Å². The SMILES string of the molecule is CCCCOc1ccc(/C=C/C(=O)O[C@@H]2CO[C@H]3C2OC[C@H]3OC(=O)/C=C/c2ccc(OCCCC)cc2)cc1. The second-order valence-corrected chi connectivity index (χ2v) is 9.76. The first-order valence-electron chi connectivity index (χ1n) is 14.0. The number of carbonyl (C=O) groups is 2. The second kappa shape index (κ2) is 15.2. The maximum Gasteiger partial charge on any atom is 0.331 e. The van der Waals surface area contributed by atoms with E-state index in [0.29, 0.717) is 13.2 Å². The molecule has 2 aliphatic heterocycles.